The van der Waals surface area contributed by atoms with Crippen molar-refractivity contribution in [3.63, 3.8) is 0 Å². The molecular formula is C16H12ClFO5. The minimum Gasteiger partial charge on any atom is -0.493 e. The van der Waals surface area contributed by atoms with Crippen LogP contribution in [0.2, 0.25) is 5.02 Å². The van der Waals surface area contributed by atoms with Crippen molar-refractivity contribution in [3.05, 3.63) is 58.4 Å². The summed E-state index contributed by atoms with van der Waals surface area (Å²) in [4.78, 5) is 23.5. The summed E-state index contributed by atoms with van der Waals surface area (Å²) >= 11 is 5.63. The lowest BCUT2D eigenvalue weighted by Gasteiger charge is -2.11. The van der Waals surface area contributed by atoms with Gasteiger partial charge < -0.3 is 14.2 Å². The first-order chi connectivity index (χ1) is 11.0. The van der Waals surface area contributed by atoms with Gasteiger partial charge in [-0.15, -0.1) is 0 Å². The molecule has 0 aliphatic heterocycles. The molecule has 0 N–H and O–H groups in total. The maximum atomic E-state index is 13.7. The molecule has 0 aliphatic rings. The van der Waals surface area contributed by atoms with Crippen molar-refractivity contribution in [2.45, 2.75) is 0 Å². The normalized spacial score (nSPS) is 10.1. The van der Waals surface area contributed by atoms with Crippen LogP contribution in [-0.2, 0) is 4.74 Å². The molecule has 0 aliphatic carbocycles. The lowest BCUT2D eigenvalue weighted by atomic mass is 10.2. The summed E-state index contributed by atoms with van der Waals surface area (Å²) in [6.45, 7) is 0. The molecule has 0 atom stereocenters. The second-order valence-electron chi connectivity index (χ2n) is 4.37. The summed E-state index contributed by atoms with van der Waals surface area (Å²) in [5, 5.41) is 0.166. The number of rotatable bonds is 4. The molecule has 0 bridgehead atoms. The van der Waals surface area contributed by atoms with Crippen molar-refractivity contribution in [2.75, 3.05) is 14.2 Å². The molecule has 0 radical (unpaired) electrons. The molecule has 7 heteroatoms. The smallest absolute Gasteiger partial charge is 0.346 e. The van der Waals surface area contributed by atoms with Gasteiger partial charge in [0.15, 0.2) is 11.5 Å². The van der Waals surface area contributed by atoms with Crippen LogP contribution in [0.5, 0.6) is 11.5 Å². The van der Waals surface area contributed by atoms with Crippen LogP contribution in [0, 0.1) is 5.82 Å². The highest BCUT2D eigenvalue weighted by Crippen LogP contribution is 2.29. The van der Waals surface area contributed by atoms with Gasteiger partial charge >= 0.3 is 11.9 Å². The van der Waals surface area contributed by atoms with E-state index in [0.717, 1.165) is 6.07 Å². The largest absolute Gasteiger partial charge is 0.493 e. The number of benzene rings is 2. The Bertz CT molecular complexity index is 760. The second-order valence-corrected chi connectivity index (χ2v) is 4.81. The number of halogens is 2. The van der Waals surface area contributed by atoms with Crippen molar-refractivity contribution in [1.82, 2.24) is 0 Å². The van der Waals surface area contributed by atoms with Gasteiger partial charge in [-0.3, -0.25) is 0 Å². The average molecular weight is 339 g/mol. The molecule has 5 nitrogen and oxygen atoms in total. The molecule has 2 aromatic carbocycles. The van der Waals surface area contributed by atoms with Crippen molar-refractivity contribution in [2.24, 2.45) is 0 Å². The zero-order chi connectivity index (χ0) is 17.0. The van der Waals surface area contributed by atoms with E-state index in [-0.39, 0.29) is 27.6 Å². The Hall–Kier alpha value is -2.60. The minimum atomic E-state index is -0.914. The first-order valence-electron chi connectivity index (χ1n) is 6.40. The van der Waals surface area contributed by atoms with Gasteiger partial charge in [-0.1, -0.05) is 11.6 Å². The summed E-state index contributed by atoms with van der Waals surface area (Å²) in [5.74, 6) is -2.10. The number of hydrogen-bond donors (Lipinski definition) is 0. The van der Waals surface area contributed by atoms with Crippen molar-refractivity contribution >= 4 is 23.5 Å². The standard InChI is InChI=1S/C16H12ClFO5/c1-21-14-7-9(15(19)22-2)3-6-13(14)23-16(20)11-5-4-10(17)8-12(11)18/h3-8H,1-2H3. The Balaban J connectivity index is 2.28. The quantitative estimate of drug-likeness (QED) is 0.630. The Morgan fingerprint density at radius 1 is 1.00 bits per heavy atom. The van der Waals surface area contributed by atoms with Crippen LogP contribution < -0.4 is 9.47 Å². The van der Waals surface area contributed by atoms with Crippen LogP contribution in [-0.4, -0.2) is 26.2 Å². The van der Waals surface area contributed by atoms with Crippen LogP contribution in [0.4, 0.5) is 4.39 Å². The van der Waals surface area contributed by atoms with E-state index in [1.807, 2.05) is 0 Å². The van der Waals surface area contributed by atoms with E-state index in [2.05, 4.69) is 4.74 Å². The minimum absolute atomic E-state index is 0.0412. The van der Waals surface area contributed by atoms with Gasteiger partial charge in [0.25, 0.3) is 0 Å². The SMILES string of the molecule is COC(=O)c1ccc(OC(=O)c2ccc(Cl)cc2F)c(OC)c1. The molecule has 0 fully saturated rings. The van der Waals surface area contributed by atoms with E-state index < -0.39 is 17.8 Å². The van der Waals surface area contributed by atoms with Gasteiger partial charge in [-0.05, 0) is 36.4 Å². The Labute approximate surface area is 136 Å². The van der Waals surface area contributed by atoms with E-state index in [4.69, 9.17) is 21.1 Å². The number of carbonyl (C=O) groups is 2. The van der Waals surface area contributed by atoms with E-state index in [0.29, 0.717) is 0 Å². The lowest BCUT2D eigenvalue weighted by Crippen LogP contribution is -2.12. The molecule has 2 aromatic rings. The molecule has 120 valence electrons. The van der Waals surface area contributed by atoms with Gasteiger partial charge in [0.2, 0.25) is 0 Å². The van der Waals surface area contributed by atoms with Crippen LogP contribution >= 0.6 is 11.6 Å². The van der Waals surface area contributed by atoms with Gasteiger partial charge in [0.05, 0.1) is 25.3 Å². The van der Waals surface area contributed by atoms with Gasteiger partial charge in [0.1, 0.15) is 5.82 Å². The molecule has 2 rings (SSSR count). The highest BCUT2D eigenvalue weighted by atomic mass is 35.5. The molecule has 0 amide bonds. The van der Waals surface area contributed by atoms with Crippen LogP contribution in [0.1, 0.15) is 20.7 Å². The topological polar surface area (TPSA) is 61.8 Å². The van der Waals surface area contributed by atoms with Crippen LogP contribution in [0.15, 0.2) is 36.4 Å². The van der Waals surface area contributed by atoms with E-state index in [1.165, 1.54) is 44.6 Å². The van der Waals surface area contributed by atoms with Crippen molar-refractivity contribution in [1.29, 1.82) is 0 Å². The Kier molecular flexibility index (Phi) is 5.18. The zero-order valence-electron chi connectivity index (χ0n) is 12.3. The molecule has 0 heterocycles. The second kappa shape index (κ2) is 7.11. The highest BCUT2D eigenvalue weighted by Gasteiger charge is 2.18. The summed E-state index contributed by atoms with van der Waals surface area (Å²) in [6.07, 6.45) is 0. The third-order valence-corrected chi connectivity index (χ3v) is 3.17. The predicted octanol–water partition coefficient (Wildman–Crippen LogP) is 3.49. The van der Waals surface area contributed by atoms with Crippen molar-refractivity contribution < 1.29 is 28.2 Å². The number of esters is 2. The molecule has 0 spiro atoms. The van der Waals surface area contributed by atoms with Crippen LogP contribution in [0.25, 0.3) is 0 Å². The molecule has 0 saturated heterocycles. The maximum Gasteiger partial charge on any atom is 0.346 e. The molecular weight excluding hydrogens is 327 g/mol. The zero-order valence-corrected chi connectivity index (χ0v) is 13.0. The molecule has 23 heavy (non-hydrogen) atoms. The lowest BCUT2D eigenvalue weighted by molar-refractivity contribution is 0.0600. The third kappa shape index (κ3) is 3.78. The molecule has 0 aromatic heterocycles. The van der Waals surface area contributed by atoms with Gasteiger partial charge in [-0.2, -0.15) is 0 Å². The number of ether oxygens (including phenoxy) is 3. The fraction of sp³-hybridized carbons (Fsp3) is 0.125. The summed E-state index contributed by atoms with van der Waals surface area (Å²) in [6, 6.07) is 7.71. The highest BCUT2D eigenvalue weighted by molar-refractivity contribution is 6.30. The third-order valence-electron chi connectivity index (χ3n) is 2.94. The number of carbonyl (C=O) groups excluding carboxylic acids is 2. The van der Waals surface area contributed by atoms with Crippen molar-refractivity contribution in [3.8, 4) is 11.5 Å². The maximum absolute atomic E-state index is 13.7. The predicted molar refractivity (Wildman–Crippen MR) is 80.7 cm³/mol. The molecule has 0 unspecified atom stereocenters. The number of hydrogen-bond acceptors (Lipinski definition) is 5. The average Bonchev–Trinajstić information content (AvgIpc) is 2.54. The Morgan fingerprint density at radius 3 is 2.35 bits per heavy atom. The first-order valence-corrected chi connectivity index (χ1v) is 6.77. The fourth-order valence-corrected chi connectivity index (χ4v) is 1.97. The van der Waals surface area contributed by atoms with E-state index in [9.17, 15) is 14.0 Å². The fourth-order valence-electron chi connectivity index (χ4n) is 1.81. The summed E-state index contributed by atoms with van der Waals surface area (Å²) in [7, 11) is 2.59. The summed E-state index contributed by atoms with van der Waals surface area (Å²) in [5.41, 5.74) is -0.0460. The molecule has 0 saturated carbocycles. The van der Waals surface area contributed by atoms with Crippen LogP contribution in [0.3, 0.4) is 0 Å². The van der Waals surface area contributed by atoms with E-state index >= 15 is 0 Å². The van der Waals surface area contributed by atoms with Gasteiger partial charge in [-0.25, -0.2) is 14.0 Å². The number of methoxy groups -OCH3 is 2. The monoisotopic (exact) mass is 338 g/mol. The first kappa shape index (κ1) is 16.8. The van der Waals surface area contributed by atoms with E-state index in [1.54, 1.807) is 0 Å². The van der Waals surface area contributed by atoms with Gasteiger partial charge in [0, 0.05) is 5.02 Å². The Morgan fingerprint density at radius 2 is 1.74 bits per heavy atom. The summed E-state index contributed by atoms with van der Waals surface area (Å²) < 4.78 is 28.5.